The smallest absolute Gasteiger partial charge is 0.548 e. The summed E-state index contributed by atoms with van der Waals surface area (Å²) in [5.74, 6) is -1.18. The SMILES string of the molecule is CC[C@H](N)C(=O)[O-].[K+]. The van der Waals surface area contributed by atoms with E-state index in [1.807, 2.05) is 0 Å². The van der Waals surface area contributed by atoms with Crippen LogP contribution in [-0.2, 0) is 4.79 Å². The van der Waals surface area contributed by atoms with Crippen molar-refractivity contribution in [2.45, 2.75) is 19.4 Å². The predicted molar refractivity (Wildman–Crippen MR) is 23.3 cm³/mol. The van der Waals surface area contributed by atoms with Crippen LogP contribution in [0.2, 0.25) is 0 Å². The van der Waals surface area contributed by atoms with Gasteiger partial charge in [0.15, 0.2) is 0 Å². The van der Waals surface area contributed by atoms with Gasteiger partial charge in [0.05, 0.1) is 5.97 Å². The first-order valence-corrected chi connectivity index (χ1v) is 2.15. The van der Waals surface area contributed by atoms with Gasteiger partial charge in [-0.3, -0.25) is 0 Å². The van der Waals surface area contributed by atoms with Crippen molar-refractivity contribution >= 4 is 5.97 Å². The van der Waals surface area contributed by atoms with Gasteiger partial charge in [0, 0.05) is 6.04 Å². The number of carbonyl (C=O) groups excluding carboxylic acids is 1. The average Bonchev–Trinajstić information content (AvgIpc) is 1.65. The van der Waals surface area contributed by atoms with Crippen LogP contribution >= 0.6 is 0 Å². The Balaban J connectivity index is 0. The monoisotopic (exact) mass is 141 g/mol. The minimum Gasteiger partial charge on any atom is -0.548 e. The second kappa shape index (κ2) is 6.19. The number of aliphatic carboxylic acids is 1. The molecule has 0 bridgehead atoms. The largest absolute Gasteiger partial charge is 1.00 e. The molecule has 0 aromatic heterocycles. The summed E-state index contributed by atoms with van der Waals surface area (Å²) in [5.41, 5.74) is 4.95. The van der Waals surface area contributed by atoms with Crippen molar-refractivity contribution in [3.63, 3.8) is 0 Å². The van der Waals surface area contributed by atoms with Gasteiger partial charge in [-0.15, -0.1) is 0 Å². The van der Waals surface area contributed by atoms with Gasteiger partial charge in [0.2, 0.25) is 0 Å². The third-order valence-electron chi connectivity index (χ3n) is 0.743. The van der Waals surface area contributed by atoms with Crippen LogP contribution in [0, 0.1) is 0 Å². The molecule has 0 aromatic rings. The molecule has 2 N–H and O–H groups in total. The zero-order chi connectivity index (χ0) is 5.86. The second-order valence-electron chi connectivity index (χ2n) is 1.33. The van der Waals surface area contributed by atoms with E-state index in [4.69, 9.17) is 5.73 Å². The number of hydrogen-bond donors (Lipinski definition) is 1. The molecule has 0 aliphatic heterocycles. The molecule has 0 amide bonds. The van der Waals surface area contributed by atoms with E-state index in [1.54, 1.807) is 6.92 Å². The van der Waals surface area contributed by atoms with Gasteiger partial charge in [-0.05, 0) is 6.42 Å². The fraction of sp³-hybridized carbons (Fsp3) is 0.750. The summed E-state index contributed by atoms with van der Waals surface area (Å²) in [4.78, 5) is 9.69. The van der Waals surface area contributed by atoms with E-state index in [2.05, 4.69) is 0 Å². The fourth-order valence-corrected chi connectivity index (χ4v) is 0.167. The van der Waals surface area contributed by atoms with Gasteiger partial charge >= 0.3 is 51.4 Å². The number of carbonyl (C=O) groups is 1. The Morgan fingerprint density at radius 2 is 2.25 bits per heavy atom. The standard InChI is InChI=1S/C4H9NO2.K/c1-2-3(5)4(6)7;/h3H,2,5H2,1H3,(H,6,7);/q;+1/p-1/t3-;/m0./s1. The Bertz CT molecular complexity index is 76.4. The summed E-state index contributed by atoms with van der Waals surface area (Å²) < 4.78 is 0. The molecule has 4 heteroatoms. The maximum Gasteiger partial charge on any atom is 1.00 e. The molecule has 0 aromatic carbocycles. The van der Waals surface area contributed by atoms with Crippen molar-refractivity contribution in [2.75, 3.05) is 0 Å². The molecule has 0 saturated carbocycles. The zero-order valence-corrected chi connectivity index (χ0v) is 8.30. The maximum absolute atomic E-state index is 9.69. The maximum atomic E-state index is 9.69. The van der Waals surface area contributed by atoms with Gasteiger partial charge in [-0.1, -0.05) is 6.92 Å². The molecule has 0 fully saturated rings. The quantitative estimate of drug-likeness (QED) is 0.394. The molecule has 0 saturated heterocycles. The van der Waals surface area contributed by atoms with Crippen LogP contribution in [0.15, 0.2) is 0 Å². The average molecular weight is 141 g/mol. The molecule has 1 atom stereocenters. The van der Waals surface area contributed by atoms with E-state index in [1.165, 1.54) is 0 Å². The van der Waals surface area contributed by atoms with Crippen LogP contribution < -0.4 is 62.2 Å². The van der Waals surface area contributed by atoms with Crippen LogP contribution in [0.5, 0.6) is 0 Å². The number of carboxylic acid groups (broad SMARTS) is 1. The second-order valence-corrected chi connectivity index (χ2v) is 1.33. The summed E-state index contributed by atoms with van der Waals surface area (Å²) in [5, 5.41) is 9.69. The van der Waals surface area contributed by atoms with Crippen LogP contribution in [0.3, 0.4) is 0 Å². The minimum absolute atomic E-state index is 0. The molecule has 0 aliphatic carbocycles. The fourth-order valence-electron chi connectivity index (χ4n) is 0.167. The van der Waals surface area contributed by atoms with E-state index >= 15 is 0 Å². The van der Waals surface area contributed by atoms with Crippen molar-refractivity contribution in [3.05, 3.63) is 0 Å². The normalized spacial score (nSPS) is 11.8. The van der Waals surface area contributed by atoms with E-state index in [-0.39, 0.29) is 51.4 Å². The Morgan fingerprint density at radius 3 is 2.25 bits per heavy atom. The molecule has 0 aliphatic rings. The number of nitrogens with two attached hydrogens (primary N) is 1. The van der Waals surface area contributed by atoms with Gasteiger partial charge in [0.25, 0.3) is 0 Å². The predicted octanol–water partition coefficient (Wildman–Crippen LogP) is -4.52. The third-order valence-corrected chi connectivity index (χ3v) is 0.743. The zero-order valence-electron chi connectivity index (χ0n) is 5.18. The Morgan fingerprint density at radius 1 is 1.88 bits per heavy atom. The van der Waals surface area contributed by atoms with Crippen LogP contribution in [0.1, 0.15) is 13.3 Å². The summed E-state index contributed by atoms with van der Waals surface area (Å²) in [6.45, 7) is 1.69. The summed E-state index contributed by atoms with van der Waals surface area (Å²) in [6, 6.07) is -0.792. The van der Waals surface area contributed by atoms with Crippen LogP contribution in [0.4, 0.5) is 0 Å². The first-order chi connectivity index (χ1) is 3.18. The van der Waals surface area contributed by atoms with E-state index < -0.39 is 12.0 Å². The molecule has 0 unspecified atom stereocenters. The van der Waals surface area contributed by atoms with Crippen molar-refractivity contribution in [2.24, 2.45) is 5.73 Å². The van der Waals surface area contributed by atoms with E-state index in [0.29, 0.717) is 6.42 Å². The molecule has 3 nitrogen and oxygen atoms in total. The molecule has 0 radical (unpaired) electrons. The molecule has 0 rings (SSSR count). The van der Waals surface area contributed by atoms with Gasteiger partial charge in [-0.2, -0.15) is 0 Å². The van der Waals surface area contributed by atoms with Crippen molar-refractivity contribution in [3.8, 4) is 0 Å². The summed E-state index contributed by atoms with van der Waals surface area (Å²) in [6.07, 6.45) is 0.433. The van der Waals surface area contributed by atoms with E-state index in [9.17, 15) is 9.90 Å². The first-order valence-electron chi connectivity index (χ1n) is 2.15. The summed E-state index contributed by atoms with van der Waals surface area (Å²) >= 11 is 0. The van der Waals surface area contributed by atoms with Gasteiger partial charge in [0.1, 0.15) is 0 Å². The van der Waals surface area contributed by atoms with Crippen LogP contribution in [-0.4, -0.2) is 12.0 Å². The Kier molecular flexibility index (Phi) is 9.14. The number of carboxylic acids is 1. The Hall–Kier alpha value is 1.07. The van der Waals surface area contributed by atoms with Gasteiger partial charge in [-0.25, -0.2) is 0 Å². The Labute approximate surface area is 91.1 Å². The molecule has 0 spiro atoms. The molecule has 8 heavy (non-hydrogen) atoms. The van der Waals surface area contributed by atoms with E-state index in [0.717, 1.165) is 0 Å². The topological polar surface area (TPSA) is 66.2 Å². The van der Waals surface area contributed by atoms with Crippen LogP contribution in [0.25, 0.3) is 0 Å². The molecule has 42 valence electrons. The van der Waals surface area contributed by atoms with Gasteiger partial charge < -0.3 is 15.6 Å². The molecular weight excluding hydrogens is 133 g/mol. The minimum atomic E-state index is -1.18. The number of rotatable bonds is 2. The molecular formula is C4H8KNO2. The third kappa shape index (κ3) is 5.21. The molecule has 0 heterocycles. The summed E-state index contributed by atoms with van der Waals surface area (Å²) in [7, 11) is 0. The van der Waals surface area contributed by atoms with Crippen molar-refractivity contribution in [1.29, 1.82) is 0 Å². The number of hydrogen-bond acceptors (Lipinski definition) is 3. The van der Waals surface area contributed by atoms with Crippen molar-refractivity contribution < 1.29 is 61.3 Å². The van der Waals surface area contributed by atoms with Crippen molar-refractivity contribution in [1.82, 2.24) is 0 Å². The first kappa shape index (κ1) is 11.8.